The molecule has 0 saturated carbocycles. The van der Waals surface area contributed by atoms with Crippen LogP contribution in [0.3, 0.4) is 0 Å². The minimum atomic E-state index is -2.29. The molecule has 0 heterocycles. The molecule has 1 nitrogen and oxygen atoms in total. The maximum absolute atomic E-state index is 12.6. The van der Waals surface area contributed by atoms with Crippen LogP contribution < -0.4 is 5.30 Å². The Morgan fingerprint density at radius 2 is 1.24 bits per heavy atom. The maximum Gasteiger partial charge on any atom is 0.109 e. The van der Waals surface area contributed by atoms with Gasteiger partial charge in [-0.1, -0.05) is 103 Å². The Hall–Kier alpha value is -3.41. The summed E-state index contributed by atoms with van der Waals surface area (Å²) in [7, 11) is -2.29. The normalized spacial score (nSPS) is 13.4. The molecule has 166 valence electrons. The van der Waals surface area contributed by atoms with E-state index in [2.05, 4.69) is 91.0 Å². The van der Waals surface area contributed by atoms with E-state index < -0.39 is 7.14 Å². The van der Waals surface area contributed by atoms with Crippen molar-refractivity contribution < 1.29 is 4.57 Å². The van der Waals surface area contributed by atoms with Crippen LogP contribution in [0.15, 0.2) is 97.1 Å². The first-order valence-corrected chi connectivity index (χ1v) is 14.5. The second kappa shape index (κ2) is 8.12. The molecular weight excluding hydrogens is 431 g/mol. The number of aryl methyl sites for hydroxylation is 1. The maximum atomic E-state index is 12.6. The molecule has 0 amide bonds. The van der Waals surface area contributed by atoms with Crippen molar-refractivity contribution in [1.82, 2.24) is 0 Å². The van der Waals surface area contributed by atoms with E-state index in [1.165, 1.54) is 49.4 Å². The largest absolute Gasteiger partial charge is 0.319 e. The van der Waals surface area contributed by atoms with Crippen LogP contribution in [-0.2, 0) is 11.0 Å². The molecule has 0 bridgehead atoms. The second-order valence-electron chi connectivity index (χ2n) is 9.56. The Morgan fingerprint density at radius 3 is 1.82 bits per heavy atom. The molecule has 0 fully saturated rings. The predicted molar refractivity (Wildman–Crippen MR) is 149 cm³/mol. The smallest absolute Gasteiger partial charge is 0.109 e. The van der Waals surface area contributed by atoms with Crippen LogP contribution in [0, 0.1) is 0 Å². The van der Waals surface area contributed by atoms with Crippen molar-refractivity contribution >= 4 is 40.1 Å². The van der Waals surface area contributed by atoms with E-state index in [9.17, 15) is 4.57 Å². The van der Waals surface area contributed by atoms with Gasteiger partial charge in [0.25, 0.3) is 0 Å². The van der Waals surface area contributed by atoms with Gasteiger partial charge < -0.3 is 4.57 Å². The lowest BCUT2D eigenvalue weighted by Gasteiger charge is -2.21. The molecule has 1 aliphatic rings. The van der Waals surface area contributed by atoms with Gasteiger partial charge in [-0.25, -0.2) is 0 Å². The molecule has 0 aliphatic heterocycles. The fourth-order valence-electron chi connectivity index (χ4n) is 5.40. The first-order chi connectivity index (χ1) is 16.5. The zero-order valence-corrected chi connectivity index (χ0v) is 20.5. The van der Waals surface area contributed by atoms with E-state index in [4.69, 9.17) is 0 Å². The molecule has 2 heteroatoms. The summed E-state index contributed by atoms with van der Waals surface area (Å²) in [5.74, 6) is 0. The minimum Gasteiger partial charge on any atom is -0.319 e. The Kier molecular flexibility index (Phi) is 5.05. The summed E-state index contributed by atoms with van der Waals surface area (Å²) in [6.45, 7) is 3.66. The van der Waals surface area contributed by atoms with Crippen LogP contribution in [0.2, 0.25) is 0 Å². The number of benzene rings is 5. The van der Waals surface area contributed by atoms with Crippen LogP contribution in [-0.4, -0.2) is 13.3 Å². The van der Waals surface area contributed by atoms with Gasteiger partial charge in [0.2, 0.25) is 0 Å². The van der Waals surface area contributed by atoms with Crippen LogP contribution >= 0.6 is 7.14 Å². The molecule has 0 aromatic heterocycles. The Labute approximate surface area is 201 Å². The molecule has 5 aromatic rings. The van der Waals surface area contributed by atoms with E-state index >= 15 is 0 Å². The number of hydrogen-bond acceptors (Lipinski definition) is 1. The molecule has 0 atom stereocenters. The van der Waals surface area contributed by atoms with Crippen molar-refractivity contribution in [2.45, 2.75) is 12.8 Å². The minimum absolute atomic E-state index is 0.921. The van der Waals surface area contributed by atoms with Crippen molar-refractivity contribution in [3.05, 3.63) is 108 Å². The Bertz CT molecular complexity index is 1580. The van der Waals surface area contributed by atoms with E-state index in [0.717, 1.165) is 23.7 Å². The average molecular weight is 459 g/mol. The molecule has 6 rings (SSSR count). The standard InChI is InChI=1S/C32H27OP/c1-34(2,33)24-20-18-23(19-21-24)31-27-13-5-7-15-29(27)32(30-16-8-6-14-28(30)31)26-17-9-11-22-10-3-4-12-25(22)26/h4-9,11-21H,3,10H2,1-2H3. The van der Waals surface area contributed by atoms with E-state index in [1.807, 2.05) is 25.5 Å². The number of fused-ring (bicyclic) bond motifs is 3. The molecule has 0 unspecified atom stereocenters. The van der Waals surface area contributed by atoms with Gasteiger partial charge in [0.05, 0.1) is 0 Å². The van der Waals surface area contributed by atoms with E-state index in [0.29, 0.717) is 0 Å². The number of hydrogen-bond donors (Lipinski definition) is 0. The van der Waals surface area contributed by atoms with Crippen LogP contribution in [0.25, 0.3) is 49.9 Å². The summed E-state index contributed by atoms with van der Waals surface area (Å²) in [6.07, 6.45) is 6.80. The van der Waals surface area contributed by atoms with Gasteiger partial charge in [0.15, 0.2) is 0 Å². The van der Waals surface area contributed by atoms with Gasteiger partial charge in [-0.05, 0) is 81.1 Å². The molecule has 34 heavy (non-hydrogen) atoms. The molecule has 0 radical (unpaired) electrons. The highest BCUT2D eigenvalue weighted by Gasteiger charge is 2.20. The van der Waals surface area contributed by atoms with Gasteiger partial charge in [-0.2, -0.15) is 0 Å². The second-order valence-corrected chi connectivity index (χ2v) is 12.8. The summed E-state index contributed by atoms with van der Waals surface area (Å²) >= 11 is 0. The van der Waals surface area contributed by atoms with Gasteiger partial charge in [0, 0.05) is 5.30 Å². The topological polar surface area (TPSA) is 17.1 Å². The highest BCUT2D eigenvalue weighted by molar-refractivity contribution is 7.70. The monoisotopic (exact) mass is 458 g/mol. The highest BCUT2D eigenvalue weighted by atomic mass is 31.2. The first kappa shape index (κ1) is 21.1. The lowest BCUT2D eigenvalue weighted by Crippen LogP contribution is -2.02. The van der Waals surface area contributed by atoms with Crippen molar-refractivity contribution in [3.63, 3.8) is 0 Å². The molecule has 1 aliphatic carbocycles. The fraction of sp³-hybridized carbons (Fsp3) is 0.125. The summed E-state index contributed by atoms with van der Waals surface area (Å²) < 4.78 is 12.6. The Morgan fingerprint density at radius 1 is 0.647 bits per heavy atom. The van der Waals surface area contributed by atoms with Gasteiger partial charge >= 0.3 is 0 Å². The van der Waals surface area contributed by atoms with Gasteiger partial charge in [-0.3, -0.25) is 0 Å². The third-order valence-electron chi connectivity index (χ3n) is 7.04. The predicted octanol–water partition coefficient (Wildman–Crippen LogP) is 8.53. The molecular formula is C32H27OP. The average Bonchev–Trinajstić information content (AvgIpc) is 2.86. The summed E-state index contributed by atoms with van der Waals surface area (Å²) in [5, 5.41) is 5.95. The summed E-state index contributed by atoms with van der Waals surface area (Å²) in [6, 6.07) is 32.6. The zero-order valence-electron chi connectivity index (χ0n) is 19.6. The van der Waals surface area contributed by atoms with E-state index in [1.54, 1.807) is 0 Å². The van der Waals surface area contributed by atoms with Crippen LogP contribution in [0.1, 0.15) is 17.5 Å². The van der Waals surface area contributed by atoms with Crippen molar-refractivity contribution in [1.29, 1.82) is 0 Å². The van der Waals surface area contributed by atoms with Crippen molar-refractivity contribution in [2.24, 2.45) is 0 Å². The molecule has 0 spiro atoms. The third kappa shape index (κ3) is 3.44. The van der Waals surface area contributed by atoms with Crippen molar-refractivity contribution in [3.8, 4) is 22.3 Å². The lowest BCUT2D eigenvalue weighted by atomic mass is 9.83. The quantitative estimate of drug-likeness (QED) is 0.196. The summed E-state index contributed by atoms with van der Waals surface area (Å²) in [5.41, 5.74) is 7.79. The van der Waals surface area contributed by atoms with Crippen molar-refractivity contribution in [2.75, 3.05) is 13.3 Å². The Balaban J connectivity index is 1.72. The first-order valence-electron chi connectivity index (χ1n) is 11.9. The van der Waals surface area contributed by atoms with Gasteiger partial charge in [-0.15, -0.1) is 0 Å². The zero-order chi connectivity index (χ0) is 23.3. The van der Waals surface area contributed by atoms with E-state index in [-0.39, 0.29) is 0 Å². The van der Waals surface area contributed by atoms with Gasteiger partial charge in [0.1, 0.15) is 7.14 Å². The number of rotatable bonds is 3. The number of allylic oxidation sites excluding steroid dienone is 1. The fourth-order valence-corrected chi connectivity index (χ4v) is 6.27. The third-order valence-corrected chi connectivity index (χ3v) is 8.58. The highest BCUT2D eigenvalue weighted by Crippen LogP contribution is 2.45. The lowest BCUT2D eigenvalue weighted by molar-refractivity contribution is 0.588. The molecule has 0 N–H and O–H groups in total. The molecule has 5 aromatic carbocycles. The van der Waals surface area contributed by atoms with Crippen LogP contribution in [0.4, 0.5) is 0 Å². The molecule has 0 saturated heterocycles. The van der Waals surface area contributed by atoms with Crippen LogP contribution in [0.5, 0.6) is 0 Å². The SMILES string of the molecule is CP(C)(=O)c1ccc(-c2c3ccccc3c(-c3cccc4c3C=CCC4)c3ccccc23)cc1. The summed E-state index contributed by atoms with van der Waals surface area (Å²) in [4.78, 5) is 0.